The normalized spacial score (nSPS) is 19.9. The Bertz CT molecular complexity index is 1410. The highest BCUT2D eigenvalue weighted by molar-refractivity contribution is 6.31. The SMILES string of the molecule is C=CC(=O)Nc1cc2c(Nc3cccc(Cl)c3F)ncnc2cc1C#C[C@]1(C)CCN(C2COC2)C1. The van der Waals surface area contributed by atoms with E-state index in [0.29, 0.717) is 34.0 Å². The third-order valence-corrected chi connectivity index (χ3v) is 6.85. The maximum Gasteiger partial charge on any atom is 0.247 e. The molecule has 0 bridgehead atoms. The number of ether oxygens (including phenoxy) is 1. The molecule has 1 aromatic heterocycles. The van der Waals surface area contributed by atoms with Crippen LogP contribution in [0, 0.1) is 23.1 Å². The number of fused-ring (bicyclic) bond motifs is 1. The third kappa shape index (κ3) is 4.91. The van der Waals surface area contributed by atoms with E-state index >= 15 is 0 Å². The molecule has 9 heteroatoms. The zero-order chi connectivity index (χ0) is 25.3. The Kier molecular flexibility index (Phi) is 6.63. The van der Waals surface area contributed by atoms with Gasteiger partial charge in [0.25, 0.3) is 0 Å². The maximum absolute atomic E-state index is 14.5. The molecule has 36 heavy (non-hydrogen) atoms. The average molecular weight is 506 g/mol. The monoisotopic (exact) mass is 505 g/mol. The highest BCUT2D eigenvalue weighted by Gasteiger charge is 2.38. The summed E-state index contributed by atoms with van der Waals surface area (Å²) in [5.74, 6) is 6.14. The molecule has 2 aromatic carbocycles. The lowest BCUT2D eigenvalue weighted by atomic mass is 9.90. The second-order valence-electron chi connectivity index (χ2n) is 9.28. The molecule has 1 atom stereocenters. The number of nitrogens with zero attached hydrogens (tertiary/aromatic N) is 3. The molecule has 2 fully saturated rings. The Morgan fingerprint density at radius 2 is 2.17 bits per heavy atom. The van der Waals surface area contributed by atoms with Crippen LogP contribution in [0.1, 0.15) is 18.9 Å². The third-order valence-electron chi connectivity index (χ3n) is 6.56. The minimum atomic E-state index is -0.582. The van der Waals surface area contributed by atoms with Crippen molar-refractivity contribution in [1.29, 1.82) is 0 Å². The lowest BCUT2D eigenvalue weighted by Crippen LogP contribution is -2.48. The summed E-state index contributed by atoms with van der Waals surface area (Å²) in [4.78, 5) is 23.3. The standard InChI is InChI=1S/C27H25ClFN5O2/c1-3-24(35)32-22-12-19-23(30-16-31-26(19)33-21-6-4-5-20(28)25(21)29)11-17(22)7-8-27(2)9-10-34(15-27)18-13-36-14-18/h3-6,11-12,16,18H,1,9-10,13-15H2,2H3,(H,32,35)(H,30,31,33)/t27-/m1/s1. The van der Waals surface area contributed by atoms with Gasteiger partial charge in [-0.15, -0.1) is 0 Å². The van der Waals surface area contributed by atoms with Crippen LogP contribution < -0.4 is 10.6 Å². The van der Waals surface area contributed by atoms with Gasteiger partial charge in [-0.25, -0.2) is 14.4 Å². The molecule has 7 nitrogen and oxygen atoms in total. The number of hydrogen-bond acceptors (Lipinski definition) is 6. The van der Waals surface area contributed by atoms with E-state index in [1.807, 2.05) is 0 Å². The molecule has 0 unspecified atom stereocenters. The first-order valence-corrected chi connectivity index (χ1v) is 12.0. The molecular weight excluding hydrogens is 481 g/mol. The molecule has 2 aliphatic rings. The Balaban J connectivity index is 1.51. The van der Waals surface area contributed by atoms with E-state index in [0.717, 1.165) is 32.7 Å². The number of amides is 1. The quantitative estimate of drug-likeness (QED) is 0.385. The van der Waals surface area contributed by atoms with Gasteiger partial charge in [0.05, 0.1) is 46.7 Å². The number of carbonyl (C=O) groups excluding carboxylic acids is 1. The minimum absolute atomic E-state index is 0.00124. The van der Waals surface area contributed by atoms with E-state index in [4.69, 9.17) is 16.3 Å². The van der Waals surface area contributed by atoms with Crippen molar-refractivity contribution in [3.8, 4) is 11.8 Å². The summed E-state index contributed by atoms with van der Waals surface area (Å²) >= 11 is 5.93. The number of likely N-dealkylation sites (tertiary alicyclic amines) is 1. The molecule has 3 heterocycles. The first-order chi connectivity index (χ1) is 17.3. The van der Waals surface area contributed by atoms with E-state index in [9.17, 15) is 9.18 Å². The molecule has 0 saturated carbocycles. The number of anilines is 3. The van der Waals surface area contributed by atoms with Gasteiger partial charge >= 0.3 is 0 Å². The Morgan fingerprint density at radius 1 is 1.33 bits per heavy atom. The van der Waals surface area contributed by atoms with Crippen LogP contribution in [0.5, 0.6) is 0 Å². The first kappa shape index (κ1) is 24.2. The number of benzene rings is 2. The molecule has 184 valence electrons. The van der Waals surface area contributed by atoms with Crippen LogP contribution in [0.3, 0.4) is 0 Å². The van der Waals surface area contributed by atoms with Crippen LogP contribution in [0.4, 0.5) is 21.6 Å². The topological polar surface area (TPSA) is 79.4 Å². The highest BCUT2D eigenvalue weighted by Crippen LogP contribution is 2.34. The second kappa shape index (κ2) is 9.86. The van der Waals surface area contributed by atoms with Crippen molar-refractivity contribution in [3.63, 3.8) is 0 Å². The van der Waals surface area contributed by atoms with Gasteiger partial charge in [-0.1, -0.05) is 36.1 Å². The lowest BCUT2D eigenvalue weighted by Gasteiger charge is -2.35. The fraction of sp³-hybridized carbons (Fsp3) is 0.296. The Hall–Kier alpha value is -3.51. The van der Waals surface area contributed by atoms with Gasteiger partial charge in [-0.2, -0.15) is 0 Å². The van der Waals surface area contributed by atoms with Crippen molar-refractivity contribution in [2.24, 2.45) is 5.41 Å². The molecule has 2 N–H and O–H groups in total. The zero-order valence-electron chi connectivity index (χ0n) is 19.8. The van der Waals surface area contributed by atoms with Crippen LogP contribution in [-0.4, -0.2) is 53.1 Å². The van der Waals surface area contributed by atoms with Crippen molar-refractivity contribution in [2.75, 3.05) is 36.9 Å². The van der Waals surface area contributed by atoms with Gasteiger partial charge in [0.1, 0.15) is 12.1 Å². The zero-order valence-corrected chi connectivity index (χ0v) is 20.5. The molecule has 1 amide bonds. The molecule has 5 rings (SSSR count). The second-order valence-corrected chi connectivity index (χ2v) is 9.69. The molecule has 0 aliphatic carbocycles. The van der Waals surface area contributed by atoms with Crippen LogP contribution >= 0.6 is 11.6 Å². The largest absolute Gasteiger partial charge is 0.378 e. The molecule has 3 aromatic rings. The van der Waals surface area contributed by atoms with Gasteiger partial charge in [0.2, 0.25) is 5.91 Å². The van der Waals surface area contributed by atoms with Gasteiger partial charge < -0.3 is 15.4 Å². The average Bonchev–Trinajstić information content (AvgIpc) is 3.21. The van der Waals surface area contributed by atoms with Crippen LogP contribution in [0.15, 0.2) is 49.3 Å². The van der Waals surface area contributed by atoms with E-state index in [1.165, 1.54) is 18.5 Å². The predicted molar refractivity (Wildman–Crippen MR) is 139 cm³/mol. The molecule has 2 saturated heterocycles. The highest BCUT2D eigenvalue weighted by atomic mass is 35.5. The number of hydrogen-bond donors (Lipinski definition) is 2. The number of nitrogens with one attached hydrogen (secondary N) is 2. The van der Waals surface area contributed by atoms with E-state index in [1.54, 1.807) is 24.3 Å². The van der Waals surface area contributed by atoms with Gasteiger partial charge in [0.15, 0.2) is 5.82 Å². The van der Waals surface area contributed by atoms with Gasteiger partial charge in [0, 0.05) is 23.9 Å². The smallest absolute Gasteiger partial charge is 0.247 e. The number of rotatable bonds is 5. The molecule has 0 spiro atoms. The van der Waals surface area contributed by atoms with Crippen molar-refractivity contribution in [2.45, 2.75) is 19.4 Å². The van der Waals surface area contributed by atoms with Crippen molar-refractivity contribution in [3.05, 3.63) is 65.7 Å². The number of halogens is 2. The summed E-state index contributed by atoms with van der Waals surface area (Å²) in [5, 5.41) is 6.40. The fourth-order valence-corrected chi connectivity index (χ4v) is 4.56. The summed E-state index contributed by atoms with van der Waals surface area (Å²) in [6, 6.07) is 8.69. The van der Waals surface area contributed by atoms with Crippen LogP contribution in [0.25, 0.3) is 10.9 Å². The predicted octanol–water partition coefficient (Wildman–Crippen LogP) is 4.75. The molecule has 0 radical (unpaired) electrons. The van der Waals surface area contributed by atoms with Gasteiger partial charge in [-0.05, 0) is 43.7 Å². The van der Waals surface area contributed by atoms with Crippen molar-refractivity contribution < 1.29 is 13.9 Å². The summed E-state index contributed by atoms with van der Waals surface area (Å²) < 4.78 is 19.8. The fourth-order valence-electron chi connectivity index (χ4n) is 4.38. The summed E-state index contributed by atoms with van der Waals surface area (Å²) in [5.41, 5.74) is 1.73. The van der Waals surface area contributed by atoms with Crippen LogP contribution in [-0.2, 0) is 9.53 Å². The summed E-state index contributed by atoms with van der Waals surface area (Å²) in [7, 11) is 0. The van der Waals surface area contributed by atoms with Crippen molar-refractivity contribution >= 4 is 45.6 Å². The Labute approximate surface area is 213 Å². The minimum Gasteiger partial charge on any atom is -0.378 e. The first-order valence-electron chi connectivity index (χ1n) is 11.6. The lowest BCUT2D eigenvalue weighted by molar-refractivity contribution is -0.111. The number of carbonyl (C=O) groups is 1. The summed E-state index contributed by atoms with van der Waals surface area (Å²) in [6.45, 7) is 9.12. The number of aromatic nitrogens is 2. The Morgan fingerprint density at radius 3 is 2.92 bits per heavy atom. The van der Waals surface area contributed by atoms with Gasteiger partial charge in [-0.3, -0.25) is 9.69 Å². The van der Waals surface area contributed by atoms with E-state index in [2.05, 4.69) is 50.8 Å². The van der Waals surface area contributed by atoms with Crippen LogP contribution in [0.2, 0.25) is 5.02 Å². The van der Waals surface area contributed by atoms with Crippen molar-refractivity contribution in [1.82, 2.24) is 14.9 Å². The van der Waals surface area contributed by atoms with E-state index in [-0.39, 0.29) is 22.0 Å². The van der Waals surface area contributed by atoms with E-state index < -0.39 is 5.82 Å². The molecule has 2 aliphatic heterocycles. The maximum atomic E-state index is 14.5. The molecular formula is C27H25ClFN5O2. The summed E-state index contributed by atoms with van der Waals surface area (Å²) in [6.07, 6.45) is 3.54.